The maximum absolute atomic E-state index is 6.32. The molecule has 2 heterocycles. The van der Waals surface area contributed by atoms with E-state index in [1.807, 2.05) is 42.8 Å². The van der Waals surface area contributed by atoms with E-state index in [2.05, 4.69) is 22.4 Å². The first-order valence-corrected chi connectivity index (χ1v) is 6.80. The van der Waals surface area contributed by atoms with Crippen LogP contribution in [0.15, 0.2) is 12.4 Å². The summed E-state index contributed by atoms with van der Waals surface area (Å²) >= 11 is 6.32. The first-order chi connectivity index (χ1) is 9.02. The molecule has 1 atom stereocenters. The molecule has 2 aromatic rings. The summed E-state index contributed by atoms with van der Waals surface area (Å²) in [7, 11) is 3.86. The van der Waals surface area contributed by atoms with Crippen LogP contribution >= 0.6 is 11.6 Å². The Bertz CT molecular complexity index is 557. The molecule has 104 valence electrons. The van der Waals surface area contributed by atoms with Crippen LogP contribution < -0.4 is 5.32 Å². The molecule has 0 aliphatic carbocycles. The summed E-state index contributed by atoms with van der Waals surface area (Å²) in [6, 6.07) is 0.200. The van der Waals surface area contributed by atoms with Gasteiger partial charge in [0.2, 0.25) is 0 Å². The van der Waals surface area contributed by atoms with Gasteiger partial charge in [0.1, 0.15) is 0 Å². The van der Waals surface area contributed by atoms with Gasteiger partial charge in [-0.25, -0.2) is 0 Å². The molecule has 19 heavy (non-hydrogen) atoms. The summed E-state index contributed by atoms with van der Waals surface area (Å²) in [6.45, 7) is 4.92. The van der Waals surface area contributed by atoms with Crippen LogP contribution in [0.2, 0.25) is 5.02 Å². The minimum atomic E-state index is 0.200. The van der Waals surface area contributed by atoms with Crippen molar-refractivity contribution in [2.24, 2.45) is 14.1 Å². The van der Waals surface area contributed by atoms with Crippen molar-refractivity contribution in [1.29, 1.82) is 0 Å². The Morgan fingerprint density at radius 2 is 2.16 bits per heavy atom. The second-order valence-electron chi connectivity index (χ2n) is 4.73. The van der Waals surface area contributed by atoms with Crippen LogP contribution in [0.3, 0.4) is 0 Å². The van der Waals surface area contributed by atoms with Crippen LogP contribution in [-0.4, -0.2) is 26.1 Å². The predicted molar refractivity (Wildman–Crippen MR) is 76.3 cm³/mol. The number of likely N-dealkylation sites (N-methyl/N-ethyl adjacent to an activating group) is 1. The number of hydrogen-bond donors (Lipinski definition) is 1. The van der Waals surface area contributed by atoms with Crippen molar-refractivity contribution in [3.05, 3.63) is 34.4 Å². The summed E-state index contributed by atoms with van der Waals surface area (Å²) in [5, 5.41) is 12.8. The van der Waals surface area contributed by atoms with Crippen molar-refractivity contribution in [1.82, 2.24) is 24.9 Å². The van der Waals surface area contributed by atoms with Crippen molar-refractivity contribution in [2.45, 2.75) is 26.3 Å². The SMILES string of the molecule is CCNC(Cc1c(Cl)c(C)nn1C)c1cnn(C)c1. The number of aromatic nitrogens is 4. The smallest absolute Gasteiger partial charge is 0.0847 e. The van der Waals surface area contributed by atoms with Gasteiger partial charge in [-0.05, 0) is 13.5 Å². The van der Waals surface area contributed by atoms with Gasteiger partial charge in [-0.15, -0.1) is 0 Å². The van der Waals surface area contributed by atoms with Crippen molar-refractivity contribution in [2.75, 3.05) is 6.54 Å². The van der Waals surface area contributed by atoms with E-state index in [1.54, 1.807) is 0 Å². The van der Waals surface area contributed by atoms with Crippen LogP contribution in [0.1, 0.15) is 29.9 Å². The Hall–Kier alpha value is -1.33. The van der Waals surface area contributed by atoms with E-state index in [9.17, 15) is 0 Å². The summed E-state index contributed by atoms with van der Waals surface area (Å²) in [5.74, 6) is 0. The van der Waals surface area contributed by atoms with Gasteiger partial charge in [0.15, 0.2) is 0 Å². The third kappa shape index (κ3) is 2.98. The Morgan fingerprint density at radius 3 is 2.63 bits per heavy atom. The molecule has 0 aromatic carbocycles. The quantitative estimate of drug-likeness (QED) is 0.912. The van der Waals surface area contributed by atoms with Gasteiger partial charge < -0.3 is 5.32 Å². The highest BCUT2D eigenvalue weighted by Gasteiger charge is 2.18. The van der Waals surface area contributed by atoms with Gasteiger partial charge in [-0.2, -0.15) is 10.2 Å². The second kappa shape index (κ2) is 5.75. The molecule has 0 aliphatic heterocycles. The predicted octanol–water partition coefficient (Wildman–Crippen LogP) is 2.01. The van der Waals surface area contributed by atoms with Gasteiger partial charge in [0.05, 0.1) is 22.6 Å². The lowest BCUT2D eigenvalue weighted by Gasteiger charge is -2.16. The molecule has 1 N–H and O–H groups in total. The number of nitrogens with one attached hydrogen (secondary N) is 1. The minimum absolute atomic E-state index is 0.200. The van der Waals surface area contributed by atoms with E-state index in [0.29, 0.717) is 0 Å². The van der Waals surface area contributed by atoms with Crippen LogP contribution in [0.25, 0.3) is 0 Å². The highest BCUT2D eigenvalue weighted by molar-refractivity contribution is 6.31. The molecule has 0 aliphatic rings. The molecule has 1 unspecified atom stereocenters. The van der Waals surface area contributed by atoms with Gasteiger partial charge in [0, 0.05) is 38.3 Å². The zero-order valence-electron chi connectivity index (χ0n) is 11.8. The van der Waals surface area contributed by atoms with E-state index in [-0.39, 0.29) is 6.04 Å². The number of nitrogens with zero attached hydrogens (tertiary/aromatic N) is 4. The first-order valence-electron chi connectivity index (χ1n) is 6.42. The Balaban J connectivity index is 2.26. The normalized spacial score (nSPS) is 12.9. The van der Waals surface area contributed by atoms with Crippen molar-refractivity contribution in [3.8, 4) is 0 Å². The molecule has 0 radical (unpaired) electrons. The van der Waals surface area contributed by atoms with E-state index in [0.717, 1.165) is 29.4 Å². The summed E-state index contributed by atoms with van der Waals surface area (Å²) in [4.78, 5) is 0. The number of rotatable bonds is 5. The monoisotopic (exact) mass is 281 g/mol. The third-order valence-corrected chi connectivity index (χ3v) is 3.73. The van der Waals surface area contributed by atoms with E-state index in [1.165, 1.54) is 5.56 Å². The number of hydrogen-bond acceptors (Lipinski definition) is 3. The standard InChI is InChI=1S/C13H20ClN5/c1-5-15-11(10-7-16-18(3)8-10)6-12-13(14)9(2)17-19(12)4/h7-8,11,15H,5-6H2,1-4H3. The lowest BCUT2D eigenvalue weighted by Crippen LogP contribution is -2.23. The van der Waals surface area contributed by atoms with E-state index in [4.69, 9.17) is 11.6 Å². The largest absolute Gasteiger partial charge is 0.310 e. The Kier molecular flexibility index (Phi) is 4.27. The highest BCUT2D eigenvalue weighted by Crippen LogP contribution is 2.25. The van der Waals surface area contributed by atoms with E-state index >= 15 is 0 Å². The fraction of sp³-hybridized carbons (Fsp3) is 0.538. The average molecular weight is 282 g/mol. The molecule has 2 rings (SSSR count). The fourth-order valence-electron chi connectivity index (χ4n) is 2.27. The fourth-order valence-corrected chi connectivity index (χ4v) is 2.51. The van der Waals surface area contributed by atoms with Gasteiger partial charge >= 0.3 is 0 Å². The van der Waals surface area contributed by atoms with Crippen LogP contribution in [0, 0.1) is 6.92 Å². The van der Waals surface area contributed by atoms with Gasteiger partial charge in [-0.3, -0.25) is 9.36 Å². The van der Waals surface area contributed by atoms with Crippen LogP contribution in [0.5, 0.6) is 0 Å². The second-order valence-corrected chi connectivity index (χ2v) is 5.11. The third-order valence-electron chi connectivity index (χ3n) is 3.24. The van der Waals surface area contributed by atoms with Gasteiger partial charge in [-0.1, -0.05) is 18.5 Å². The summed E-state index contributed by atoms with van der Waals surface area (Å²) in [6.07, 6.45) is 4.73. The van der Waals surface area contributed by atoms with Crippen LogP contribution in [0.4, 0.5) is 0 Å². The van der Waals surface area contributed by atoms with E-state index < -0.39 is 0 Å². The molecule has 5 nitrogen and oxygen atoms in total. The number of halogens is 1. The Labute approximate surface area is 118 Å². The zero-order chi connectivity index (χ0) is 14.0. The molecule has 2 aromatic heterocycles. The van der Waals surface area contributed by atoms with Crippen molar-refractivity contribution < 1.29 is 0 Å². The molecule has 6 heteroatoms. The maximum atomic E-state index is 6.32. The van der Waals surface area contributed by atoms with Crippen molar-refractivity contribution in [3.63, 3.8) is 0 Å². The molecule has 0 fully saturated rings. The molecular formula is C13H20ClN5. The molecule has 0 amide bonds. The Morgan fingerprint density at radius 1 is 1.42 bits per heavy atom. The highest BCUT2D eigenvalue weighted by atomic mass is 35.5. The van der Waals surface area contributed by atoms with Crippen molar-refractivity contribution >= 4 is 11.6 Å². The number of aryl methyl sites for hydroxylation is 3. The topological polar surface area (TPSA) is 47.7 Å². The lowest BCUT2D eigenvalue weighted by molar-refractivity contribution is 0.528. The summed E-state index contributed by atoms with van der Waals surface area (Å²) < 4.78 is 3.67. The average Bonchev–Trinajstić information content (AvgIpc) is 2.88. The molecule has 0 saturated heterocycles. The first kappa shape index (κ1) is 14.1. The van der Waals surface area contributed by atoms with Gasteiger partial charge in [0.25, 0.3) is 0 Å². The lowest BCUT2D eigenvalue weighted by atomic mass is 10.1. The maximum Gasteiger partial charge on any atom is 0.0847 e. The minimum Gasteiger partial charge on any atom is -0.310 e. The molecule has 0 bridgehead atoms. The summed E-state index contributed by atoms with van der Waals surface area (Å²) in [5.41, 5.74) is 3.09. The van der Waals surface area contributed by atoms with Crippen LogP contribution in [-0.2, 0) is 20.5 Å². The molecule has 0 spiro atoms. The zero-order valence-corrected chi connectivity index (χ0v) is 12.6. The molecular weight excluding hydrogens is 262 g/mol. The molecule has 0 saturated carbocycles.